The molecule has 0 N–H and O–H groups in total. The van der Waals surface area contributed by atoms with Crippen molar-refractivity contribution in [2.75, 3.05) is 19.8 Å². The van der Waals surface area contributed by atoms with Crippen molar-refractivity contribution in [3.63, 3.8) is 0 Å². The summed E-state index contributed by atoms with van der Waals surface area (Å²) < 4.78 is 13.2. The zero-order valence-corrected chi connectivity index (χ0v) is 14.9. The van der Waals surface area contributed by atoms with E-state index in [1.54, 1.807) is 17.0 Å². The Kier molecular flexibility index (Phi) is 4.65. The van der Waals surface area contributed by atoms with Crippen molar-refractivity contribution in [1.82, 2.24) is 14.7 Å². The van der Waals surface area contributed by atoms with E-state index < -0.39 is 0 Å². The molecular weight excluding hydrogens is 330 g/mol. The van der Waals surface area contributed by atoms with Gasteiger partial charge in [-0.1, -0.05) is 6.07 Å². The van der Waals surface area contributed by atoms with Crippen molar-refractivity contribution < 1.29 is 14.3 Å². The van der Waals surface area contributed by atoms with Crippen LogP contribution in [0.1, 0.15) is 36.4 Å². The molecule has 6 nitrogen and oxygen atoms in total. The molecule has 1 aromatic carbocycles. The Morgan fingerprint density at radius 3 is 2.88 bits per heavy atom. The number of carbonyl (C=O) groups is 1. The molecule has 6 heteroatoms. The normalized spacial score (nSPS) is 19.7. The Hall–Kier alpha value is -2.76. The Morgan fingerprint density at radius 1 is 1.23 bits per heavy atom. The van der Waals surface area contributed by atoms with Gasteiger partial charge in [-0.3, -0.25) is 9.48 Å². The van der Waals surface area contributed by atoms with Gasteiger partial charge in [-0.15, -0.1) is 0 Å². The first-order valence-corrected chi connectivity index (χ1v) is 9.07. The van der Waals surface area contributed by atoms with Crippen LogP contribution in [0.15, 0.2) is 36.7 Å². The number of fused-ring (bicyclic) bond motifs is 1. The van der Waals surface area contributed by atoms with E-state index in [0.717, 1.165) is 48.4 Å². The molecule has 2 aromatic rings. The maximum Gasteiger partial charge on any atom is 0.247 e. The molecule has 136 valence electrons. The summed E-state index contributed by atoms with van der Waals surface area (Å²) in [4.78, 5) is 14.6. The summed E-state index contributed by atoms with van der Waals surface area (Å²) in [6, 6.07) is 6.12. The second-order valence-corrected chi connectivity index (χ2v) is 6.73. The number of hydrogen-bond acceptors (Lipinski definition) is 4. The van der Waals surface area contributed by atoms with Gasteiger partial charge in [0, 0.05) is 37.8 Å². The minimum Gasteiger partial charge on any atom is -0.490 e. The first-order chi connectivity index (χ1) is 12.7. The molecule has 1 saturated heterocycles. The van der Waals surface area contributed by atoms with Gasteiger partial charge in [-0.25, -0.2) is 0 Å². The Balaban J connectivity index is 1.52. The summed E-state index contributed by atoms with van der Waals surface area (Å²) in [6.07, 6.45) is 9.94. The summed E-state index contributed by atoms with van der Waals surface area (Å²) in [6.45, 7) is 2.12. The maximum absolute atomic E-state index is 12.7. The number of benzene rings is 1. The van der Waals surface area contributed by atoms with E-state index in [9.17, 15) is 4.79 Å². The van der Waals surface area contributed by atoms with E-state index in [-0.39, 0.29) is 11.9 Å². The Bertz CT molecular complexity index is 827. The lowest BCUT2D eigenvalue weighted by Crippen LogP contribution is -2.28. The quantitative estimate of drug-likeness (QED) is 0.796. The highest BCUT2D eigenvalue weighted by atomic mass is 16.5. The number of amides is 1. The van der Waals surface area contributed by atoms with Crippen LogP contribution in [0.25, 0.3) is 6.08 Å². The molecule has 3 heterocycles. The largest absolute Gasteiger partial charge is 0.490 e. The van der Waals surface area contributed by atoms with Gasteiger partial charge in [0.2, 0.25) is 5.91 Å². The van der Waals surface area contributed by atoms with Crippen LogP contribution in [0, 0.1) is 0 Å². The predicted molar refractivity (Wildman–Crippen MR) is 98.0 cm³/mol. The maximum atomic E-state index is 12.7. The topological polar surface area (TPSA) is 56.6 Å². The second kappa shape index (κ2) is 7.23. The Labute approximate surface area is 153 Å². The van der Waals surface area contributed by atoms with Crippen LogP contribution in [0.2, 0.25) is 0 Å². The summed E-state index contributed by atoms with van der Waals surface area (Å²) in [5, 5.41) is 4.12. The average Bonchev–Trinajstić information content (AvgIpc) is 3.23. The SMILES string of the molecule is Cn1cc(/C=C\C(=O)N2CCC[C@@H]2c2ccc3c(c2)OCCCO3)cn1. The fourth-order valence-electron chi connectivity index (χ4n) is 3.55. The zero-order chi connectivity index (χ0) is 17.9. The van der Waals surface area contributed by atoms with E-state index in [2.05, 4.69) is 11.2 Å². The molecule has 0 saturated carbocycles. The average molecular weight is 353 g/mol. The summed E-state index contributed by atoms with van der Waals surface area (Å²) >= 11 is 0. The third-order valence-corrected chi connectivity index (χ3v) is 4.84. The van der Waals surface area contributed by atoms with E-state index >= 15 is 0 Å². The van der Waals surface area contributed by atoms with Crippen LogP contribution in [0.3, 0.4) is 0 Å². The van der Waals surface area contributed by atoms with E-state index in [1.807, 2.05) is 36.4 Å². The van der Waals surface area contributed by atoms with Gasteiger partial charge in [-0.05, 0) is 36.6 Å². The van der Waals surface area contributed by atoms with Crippen molar-refractivity contribution in [3.8, 4) is 11.5 Å². The number of aryl methyl sites for hydroxylation is 1. The van der Waals surface area contributed by atoms with E-state index in [4.69, 9.17) is 9.47 Å². The van der Waals surface area contributed by atoms with Crippen LogP contribution < -0.4 is 9.47 Å². The van der Waals surface area contributed by atoms with Crippen molar-refractivity contribution in [2.24, 2.45) is 7.05 Å². The van der Waals surface area contributed by atoms with Gasteiger partial charge in [0.15, 0.2) is 11.5 Å². The molecule has 1 atom stereocenters. The van der Waals surface area contributed by atoms with Crippen molar-refractivity contribution in [1.29, 1.82) is 0 Å². The molecule has 0 spiro atoms. The molecule has 2 aliphatic rings. The molecule has 2 aliphatic heterocycles. The molecule has 0 radical (unpaired) electrons. The van der Waals surface area contributed by atoms with E-state index in [1.165, 1.54) is 0 Å². The molecule has 0 unspecified atom stereocenters. The van der Waals surface area contributed by atoms with E-state index in [0.29, 0.717) is 13.2 Å². The minimum absolute atomic E-state index is 0.0310. The Morgan fingerprint density at radius 2 is 2.08 bits per heavy atom. The highest BCUT2D eigenvalue weighted by Crippen LogP contribution is 2.38. The summed E-state index contributed by atoms with van der Waals surface area (Å²) in [5.41, 5.74) is 2.03. The standard InChI is InChI=1S/C20H23N3O3/c1-22-14-15(13-21-22)5-8-20(24)23-9-2-4-17(23)16-6-7-18-19(12-16)26-11-3-10-25-18/h5-8,12-14,17H,2-4,9-11H2,1H3/b8-5-/t17-/m1/s1. The number of likely N-dealkylation sites (tertiary alicyclic amines) is 1. The van der Waals surface area contributed by atoms with Gasteiger partial charge in [0.05, 0.1) is 25.5 Å². The number of ether oxygens (including phenoxy) is 2. The third kappa shape index (κ3) is 3.45. The molecule has 1 fully saturated rings. The first-order valence-electron chi connectivity index (χ1n) is 9.07. The fraction of sp³-hybridized carbons (Fsp3) is 0.400. The third-order valence-electron chi connectivity index (χ3n) is 4.84. The van der Waals surface area contributed by atoms with Gasteiger partial charge in [-0.2, -0.15) is 5.10 Å². The second-order valence-electron chi connectivity index (χ2n) is 6.73. The molecule has 26 heavy (non-hydrogen) atoms. The number of aromatic nitrogens is 2. The highest BCUT2D eigenvalue weighted by Gasteiger charge is 2.29. The molecule has 1 aromatic heterocycles. The lowest BCUT2D eigenvalue weighted by atomic mass is 10.0. The monoisotopic (exact) mass is 353 g/mol. The fourth-order valence-corrected chi connectivity index (χ4v) is 3.55. The van der Waals surface area contributed by atoms with Gasteiger partial charge in [0.1, 0.15) is 0 Å². The minimum atomic E-state index is 0.0310. The first kappa shape index (κ1) is 16.7. The molecule has 4 rings (SSSR count). The van der Waals surface area contributed by atoms with Gasteiger partial charge in [0.25, 0.3) is 0 Å². The van der Waals surface area contributed by atoms with Crippen LogP contribution in [-0.2, 0) is 11.8 Å². The van der Waals surface area contributed by atoms with Crippen LogP contribution in [0.4, 0.5) is 0 Å². The zero-order valence-electron chi connectivity index (χ0n) is 14.9. The number of nitrogens with zero attached hydrogens (tertiary/aromatic N) is 3. The highest BCUT2D eigenvalue weighted by molar-refractivity contribution is 5.92. The lowest BCUT2D eigenvalue weighted by Gasteiger charge is -2.24. The number of hydrogen-bond donors (Lipinski definition) is 0. The molecule has 0 aliphatic carbocycles. The van der Waals surface area contributed by atoms with Gasteiger partial charge >= 0.3 is 0 Å². The van der Waals surface area contributed by atoms with Crippen molar-refractivity contribution >= 4 is 12.0 Å². The van der Waals surface area contributed by atoms with Crippen molar-refractivity contribution in [3.05, 3.63) is 47.8 Å². The number of rotatable bonds is 3. The van der Waals surface area contributed by atoms with Crippen LogP contribution in [-0.4, -0.2) is 40.3 Å². The van der Waals surface area contributed by atoms with Crippen LogP contribution in [0.5, 0.6) is 11.5 Å². The van der Waals surface area contributed by atoms with Gasteiger partial charge < -0.3 is 14.4 Å². The number of carbonyl (C=O) groups excluding carboxylic acids is 1. The molecule has 0 bridgehead atoms. The van der Waals surface area contributed by atoms with Crippen molar-refractivity contribution in [2.45, 2.75) is 25.3 Å². The predicted octanol–water partition coefficient (Wildman–Crippen LogP) is 2.96. The smallest absolute Gasteiger partial charge is 0.247 e. The lowest BCUT2D eigenvalue weighted by molar-refractivity contribution is -0.126. The van der Waals surface area contributed by atoms with Crippen LogP contribution >= 0.6 is 0 Å². The summed E-state index contributed by atoms with van der Waals surface area (Å²) in [7, 11) is 1.86. The summed E-state index contributed by atoms with van der Waals surface area (Å²) in [5.74, 6) is 1.60. The molecular formula is C20H23N3O3. The molecule has 1 amide bonds.